The van der Waals surface area contributed by atoms with E-state index >= 15 is 0 Å². The number of anilines is 1. The molecule has 0 amide bonds. The number of benzene rings is 1. The molecule has 2 rings (SSSR count). The first-order valence-electron chi connectivity index (χ1n) is 7.32. The van der Waals surface area contributed by atoms with Gasteiger partial charge in [0.1, 0.15) is 0 Å². The Balaban J connectivity index is 2.05. The maximum absolute atomic E-state index is 11.3. The van der Waals surface area contributed by atoms with Crippen LogP contribution in [-0.4, -0.2) is 29.1 Å². The molecule has 0 aromatic heterocycles. The van der Waals surface area contributed by atoms with E-state index in [1.54, 1.807) is 6.07 Å². The lowest BCUT2D eigenvalue weighted by Gasteiger charge is -2.34. The molecular formula is C16H24N2O2. The molecule has 20 heavy (non-hydrogen) atoms. The van der Waals surface area contributed by atoms with E-state index < -0.39 is 5.97 Å². The maximum Gasteiger partial charge on any atom is 0.338 e. The van der Waals surface area contributed by atoms with Crippen molar-refractivity contribution in [3.8, 4) is 0 Å². The standard InChI is InChI=1S/C16H24N2O2/c1-11(2)12-6-8-18(9-7-12)10-13-4-3-5-14(17)15(13)16(19)20/h3-5,11-12H,6-10,17H2,1-2H3,(H,19,20). The first-order valence-corrected chi connectivity index (χ1v) is 7.32. The monoisotopic (exact) mass is 276 g/mol. The third kappa shape index (κ3) is 3.31. The Hall–Kier alpha value is -1.55. The lowest BCUT2D eigenvalue weighted by Crippen LogP contribution is -2.35. The molecule has 3 N–H and O–H groups in total. The highest BCUT2D eigenvalue weighted by Gasteiger charge is 2.23. The van der Waals surface area contributed by atoms with Crippen LogP contribution >= 0.6 is 0 Å². The van der Waals surface area contributed by atoms with Crippen LogP contribution in [0.25, 0.3) is 0 Å². The van der Waals surface area contributed by atoms with Gasteiger partial charge < -0.3 is 10.8 Å². The van der Waals surface area contributed by atoms with Crippen molar-refractivity contribution in [1.29, 1.82) is 0 Å². The molecule has 1 aromatic rings. The van der Waals surface area contributed by atoms with Gasteiger partial charge in [0.15, 0.2) is 0 Å². The van der Waals surface area contributed by atoms with Crippen LogP contribution in [0.4, 0.5) is 5.69 Å². The smallest absolute Gasteiger partial charge is 0.338 e. The van der Waals surface area contributed by atoms with E-state index in [0.717, 1.165) is 30.5 Å². The highest BCUT2D eigenvalue weighted by molar-refractivity contribution is 5.95. The van der Waals surface area contributed by atoms with Crippen LogP contribution < -0.4 is 5.73 Å². The summed E-state index contributed by atoms with van der Waals surface area (Å²) in [6, 6.07) is 5.35. The van der Waals surface area contributed by atoms with Crippen molar-refractivity contribution >= 4 is 11.7 Å². The second-order valence-electron chi connectivity index (χ2n) is 6.04. The molecule has 0 aliphatic carbocycles. The Kier molecular flexibility index (Phi) is 4.65. The Morgan fingerprint density at radius 1 is 1.40 bits per heavy atom. The van der Waals surface area contributed by atoms with Crippen LogP contribution in [0, 0.1) is 11.8 Å². The largest absolute Gasteiger partial charge is 0.478 e. The predicted octanol–water partition coefficient (Wildman–Crippen LogP) is 2.84. The number of nitrogens with zero attached hydrogens (tertiary/aromatic N) is 1. The van der Waals surface area contributed by atoms with E-state index in [-0.39, 0.29) is 5.56 Å². The van der Waals surface area contributed by atoms with Crippen molar-refractivity contribution in [2.24, 2.45) is 11.8 Å². The van der Waals surface area contributed by atoms with Gasteiger partial charge >= 0.3 is 5.97 Å². The fourth-order valence-corrected chi connectivity index (χ4v) is 3.03. The lowest BCUT2D eigenvalue weighted by atomic mass is 9.86. The number of carboxylic acids is 1. The highest BCUT2D eigenvalue weighted by atomic mass is 16.4. The molecule has 0 unspecified atom stereocenters. The lowest BCUT2D eigenvalue weighted by molar-refractivity contribution is 0.0694. The number of hydrogen-bond acceptors (Lipinski definition) is 3. The number of carbonyl (C=O) groups is 1. The average molecular weight is 276 g/mol. The summed E-state index contributed by atoms with van der Waals surface area (Å²) in [4.78, 5) is 13.7. The van der Waals surface area contributed by atoms with Gasteiger partial charge in [0.05, 0.1) is 5.56 Å². The van der Waals surface area contributed by atoms with Crippen molar-refractivity contribution in [2.75, 3.05) is 18.8 Å². The zero-order chi connectivity index (χ0) is 14.7. The number of aromatic carboxylic acids is 1. The van der Waals surface area contributed by atoms with Crippen LogP contribution in [0.15, 0.2) is 18.2 Å². The summed E-state index contributed by atoms with van der Waals surface area (Å²) in [6.07, 6.45) is 2.39. The Morgan fingerprint density at radius 3 is 2.60 bits per heavy atom. The number of rotatable bonds is 4. The molecular weight excluding hydrogens is 252 g/mol. The molecule has 1 fully saturated rings. The Morgan fingerprint density at radius 2 is 2.05 bits per heavy atom. The van der Waals surface area contributed by atoms with Gasteiger partial charge in [0, 0.05) is 12.2 Å². The SMILES string of the molecule is CC(C)C1CCN(Cc2cccc(N)c2C(=O)O)CC1. The van der Waals surface area contributed by atoms with Crippen LogP contribution in [0.3, 0.4) is 0 Å². The van der Waals surface area contributed by atoms with E-state index in [1.807, 2.05) is 12.1 Å². The molecule has 1 aliphatic rings. The van der Waals surface area contributed by atoms with Crippen LogP contribution in [0.5, 0.6) is 0 Å². The minimum absolute atomic E-state index is 0.262. The molecule has 0 bridgehead atoms. The molecule has 4 nitrogen and oxygen atoms in total. The zero-order valence-electron chi connectivity index (χ0n) is 12.3. The summed E-state index contributed by atoms with van der Waals surface area (Å²) in [5, 5.41) is 9.29. The third-order valence-electron chi connectivity index (χ3n) is 4.37. The zero-order valence-corrected chi connectivity index (χ0v) is 12.3. The van der Waals surface area contributed by atoms with Gasteiger partial charge in [-0.2, -0.15) is 0 Å². The van der Waals surface area contributed by atoms with Crippen molar-refractivity contribution in [3.05, 3.63) is 29.3 Å². The summed E-state index contributed by atoms with van der Waals surface area (Å²) >= 11 is 0. The van der Waals surface area contributed by atoms with Crippen molar-refractivity contribution < 1.29 is 9.90 Å². The summed E-state index contributed by atoms with van der Waals surface area (Å²) in [7, 11) is 0. The average Bonchev–Trinajstić information content (AvgIpc) is 2.39. The van der Waals surface area contributed by atoms with Gasteiger partial charge in [-0.25, -0.2) is 4.79 Å². The van der Waals surface area contributed by atoms with E-state index in [2.05, 4.69) is 18.7 Å². The number of hydrogen-bond donors (Lipinski definition) is 2. The predicted molar refractivity (Wildman–Crippen MR) is 80.7 cm³/mol. The van der Waals surface area contributed by atoms with Gasteiger partial charge in [-0.05, 0) is 49.4 Å². The fourth-order valence-electron chi connectivity index (χ4n) is 3.03. The van der Waals surface area contributed by atoms with Gasteiger partial charge in [-0.15, -0.1) is 0 Å². The number of nitrogens with two attached hydrogens (primary N) is 1. The molecule has 1 aromatic carbocycles. The molecule has 0 spiro atoms. The Bertz CT molecular complexity index is 477. The maximum atomic E-state index is 11.3. The minimum Gasteiger partial charge on any atom is -0.478 e. The van der Waals surface area contributed by atoms with Crippen LogP contribution in [0.2, 0.25) is 0 Å². The molecule has 110 valence electrons. The second kappa shape index (κ2) is 6.27. The van der Waals surface area contributed by atoms with Crippen LogP contribution in [-0.2, 0) is 6.54 Å². The van der Waals surface area contributed by atoms with Gasteiger partial charge in [0.2, 0.25) is 0 Å². The topological polar surface area (TPSA) is 66.6 Å². The normalized spacial score (nSPS) is 17.6. The quantitative estimate of drug-likeness (QED) is 0.830. The third-order valence-corrected chi connectivity index (χ3v) is 4.37. The minimum atomic E-state index is -0.935. The van der Waals surface area contributed by atoms with E-state index in [1.165, 1.54) is 12.8 Å². The summed E-state index contributed by atoms with van der Waals surface area (Å²) in [5.41, 5.74) is 7.23. The number of carboxylic acid groups (broad SMARTS) is 1. The number of piperidine rings is 1. The summed E-state index contributed by atoms with van der Waals surface area (Å²) in [5.74, 6) is 0.598. The van der Waals surface area contributed by atoms with E-state index in [9.17, 15) is 9.90 Å². The van der Waals surface area contributed by atoms with E-state index in [4.69, 9.17) is 5.73 Å². The molecule has 1 saturated heterocycles. The highest BCUT2D eigenvalue weighted by Crippen LogP contribution is 2.26. The van der Waals surface area contributed by atoms with Crippen LogP contribution in [0.1, 0.15) is 42.6 Å². The number of likely N-dealkylation sites (tertiary alicyclic amines) is 1. The summed E-state index contributed by atoms with van der Waals surface area (Å²) < 4.78 is 0. The van der Waals surface area contributed by atoms with E-state index in [0.29, 0.717) is 12.2 Å². The first-order chi connectivity index (χ1) is 9.49. The van der Waals surface area contributed by atoms with Crippen molar-refractivity contribution in [2.45, 2.75) is 33.2 Å². The van der Waals surface area contributed by atoms with Crippen molar-refractivity contribution in [1.82, 2.24) is 4.90 Å². The summed E-state index contributed by atoms with van der Waals surface area (Å²) in [6.45, 7) is 7.31. The molecule has 1 heterocycles. The molecule has 0 radical (unpaired) electrons. The van der Waals surface area contributed by atoms with Gasteiger partial charge in [0.25, 0.3) is 0 Å². The molecule has 0 saturated carbocycles. The fraction of sp³-hybridized carbons (Fsp3) is 0.562. The first kappa shape index (κ1) is 14.9. The Labute approximate surface area is 120 Å². The van der Waals surface area contributed by atoms with Gasteiger partial charge in [-0.3, -0.25) is 4.90 Å². The molecule has 1 aliphatic heterocycles. The van der Waals surface area contributed by atoms with Gasteiger partial charge in [-0.1, -0.05) is 26.0 Å². The second-order valence-corrected chi connectivity index (χ2v) is 6.04. The number of nitrogen functional groups attached to an aromatic ring is 1. The molecule has 4 heteroatoms. The molecule has 0 atom stereocenters. The van der Waals surface area contributed by atoms with Crippen molar-refractivity contribution in [3.63, 3.8) is 0 Å².